The van der Waals surface area contributed by atoms with Crippen molar-refractivity contribution in [3.05, 3.63) is 70.7 Å². The van der Waals surface area contributed by atoms with Crippen LogP contribution in [-0.4, -0.2) is 29.1 Å². The molecule has 0 bridgehead atoms. The molecule has 0 radical (unpaired) electrons. The van der Waals surface area contributed by atoms with Crippen molar-refractivity contribution >= 4 is 30.0 Å². The number of hydrogen-bond acceptors (Lipinski definition) is 2. The number of carboxylic acids is 1. The van der Waals surface area contributed by atoms with E-state index in [0.29, 0.717) is 11.6 Å². The van der Waals surface area contributed by atoms with Crippen LogP contribution in [0.15, 0.2) is 54.6 Å². The first kappa shape index (κ1) is 17.8. The van der Waals surface area contributed by atoms with E-state index in [1.165, 1.54) is 5.56 Å². The molecule has 1 aliphatic heterocycles. The minimum Gasteiger partial charge on any atom is -0.481 e. The number of hydrogen-bond donors (Lipinski definition) is 1. The number of carbonyl (C=O) groups is 1. The summed E-state index contributed by atoms with van der Waals surface area (Å²) in [6, 6.07) is 17.7. The predicted octanol–water partition coefficient (Wildman–Crippen LogP) is 4.06. The molecule has 1 aliphatic rings. The average molecular weight is 352 g/mol. The summed E-state index contributed by atoms with van der Waals surface area (Å²) in [6.07, 6.45) is 0. The number of rotatable bonds is 4. The molecule has 1 fully saturated rings. The van der Waals surface area contributed by atoms with Gasteiger partial charge in [0.25, 0.3) is 0 Å². The molecule has 2 aromatic rings. The van der Waals surface area contributed by atoms with Gasteiger partial charge in [0.15, 0.2) is 0 Å². The van der Waals surface area contributed by atoms with Gasteiger partial charge in [0.1, 0.15) is 0 Å². The Kier molecular flexibility index (Phi) is 6.05. The largest absolute Gasteiger partial charge is 0.481 e. The average Bonchev–Trinajstić information content (AvgIpc) is 2.93. The van der Waals surface area contributed by atoms with Crippen molar-refractivity contribution in [3.8, 4) is 0 Å². The Morgan fingerprint density at radius 2 is 1.74 bits per heavy atom. The van der Waals surface area contributed by atoms with E-state index in [9.17, 15) is 9.90 Å². The van der Waals surface area contributed by atoms with E-state index < -0.39 is 5.97 Å². The van der Waals surface area contributed by atoms with Crippen LogP contribution in [0.1, 0.15) is 17.0 Å². The second-order valence-corrected chi connectivity index (χ2v) is 6.22. The van der Waals surface area contributed by atoms with Gasteiger partial charge in [-0.05, 0) is 23.3 Å². The molecule has 1 heterocycles. The number of aliphatic carboxylic acids is 1. The Morgan fingerprint density at radius 3 is 2.35 bits per heavy atom. The normalized spacial score (nSPS) is 20.9. The maximum Gasteiger partial charge on any atom is 0.308 e. The Bertz CT molecular complexity index is 646. The molecule has 0 amide bonds. The second-order valence-electron chi connectivity index (χ2n) is 5.78. The van der Waals surface area contributed by atoms with Gasteiger partial charge in [-0.3, -0.25) is 9.69 Å². The maximum atomic E-state index is 11.6. The molecule has 0 aliphatic carbocycles. The lowest BCUT2D eigenvalue weighted by Crippen LogP contribution is -2.23. The molecule has 1 N–H and O–H groups in total. The molecule has 23 heavy (non-hydrogen) atoms. The first-order chi connectivity index (χ1) is 10.6. The molecule has 2 aromatic carbocycles. The van der Waals surface area contributed by atoms with Gasteiger partial charge in [0.2, 0.25) is 0 Å². The van der Waals surface area contributed by atoms with Gasteiger partial charge in [-0.25, -0.2) is 0 Å². The van der Waals surface area contributed by atoms with Gasteiger partial charge in [-0.15, -0.1) is 12.4 Å². The van der Waals surface area contributed by atoms with E-state index in [1.54, 1.807) is 0 Å². The smallest absolute Gasteiger partial charge is 0.308 e. The van der Waals surface area contributed by atoms with Crippen LogP contribution in [-0.2, 0) is 11.3 Å². The van der Waals surface area contributed by atoms with Crippen LogP contribution in [0.5, 0.6) is 0 Å². The number of carboxylic acid groups (broad SMARTS) is 1. The number of likely N-dealkylation sites (tertiary alicyclic amines) is 1. The molecule has 5 heteroatoms. The molecule has 0 saturated carbocycles. The summed E-state index contributed by atoms with van der Waals surface area (Å²) in [5.41, 5.74) is 2.26. The molecular weight excluding hydrogens is 333 g/mol. The standard InChI is InChI=1S/C18H18ClNO2.ClH/c19-15-8-6-14(7-9-15)16-11-20(12-17(16)18(21)22)10-13-4-2-1-3-5-13;/h1-9,16-17H,10-12H2,(H,21,22);1H/t16-,17+;/m0./s1. The Hall–Kier alpha value is -1.55. The van der Waals surface area contributed by atoms with Gasteiger partial charge in [0.05, 0.1) is 5.92 Å². The van der Waals surface area contributed by atoms with E-state index in [4.69, 9.17) is 11.6 Å². The van der Waals surface area contributed by atoms with Gasteiger partial charge in [-0.2, -0.15) is 0 Å². The van der Waals surface area contributed by atoms with E-state index in [2.05, 4.69) is 17.0 Å². The highest BCUT2D eigenvalue weighted by atomic mass is 35.5. The van der Waals surface area contributed by atoms with Crippen LogP contribution in [0, 0.1) is 5.92 Å². The minimum atomic E-state index is -0.726. The predicted molar refractivity (Wildman–Crippen MR) is 94.3 cm³/mol. The lowest BCUT2D eigenvalue weighted by atomic mass is 9.89. The van der Waals surface area contributed by atoms with Gasteiger partial charge in [-0.1, -0.05) is 54.1 Å². The first-order valence-electron chi connectivity index (χ1n) is 7.38. The van der Waals surface area contributed by atoms with Crippen LogP contribution < -0.4 is 0 Å². The highest BCUT2D eigenvalue weighted by Crippen LogP contribution is 2.34. The van der Waals surface area contributed by atoms with Crippen molar-refractivity contribution in [1.29, 1.82) is 0 Å². The molecule has 3 rings (SSSR count). The highest BCUT2D eigenvalue weighted by Gasteiger charge is 2.38. The summed E-state index contributed by atoms with van der Waals surface area (Å²) in [5, 5.41) is 10.2. The minimum absolute atomic E-state index is 0. The van der Waals surface area contributed by atoms with Crippen LogP contribution in [0.4, 0.5) is 0 Å². The summed E-state index contributed by atoms with van der Waals surface area (Å²) < 4.78 is 0. The fourth-order valence-electron chi connectivity index (χ4n) is 3.15. The zero-order chi connectivity index (χ0) is 15.5. The summed E-state index contributed by atoms with van der Waals surface area (Å²) in [6.45, 7) is 2.12. The Labute approximate surface area is 147 Å². The van der Waals surface area contributed by atoms with Crippen LogP contribution in [0.25, 0.3) is 0 Å². The van der Waals surface area contributed by atoms with Gasteiger partial charge < -0.3 is 5.11 Å². The third-order valence-electron chi connectivity index (χ3n) is 4.26. The maximum absolute atomic E-state index is 11.6. The molecule has 0 aromatic heterocycles. The quantitative estimate of drug-likeness (QED) is 0.902. The zero-order valence-corrected chi connectivity index (χ0v) is 14.1. The van der Waals surface area contributed by atoms with E-state index in [-0.39, 0.29) is 24.2 Å². The lowest BCUT2D eigenvalue weighted by molar-refractivity contribution is -0.141. The molecule has 1 saturated heterocycles. The van der Waals surface area contributed by atoms with Crippen LogP contribution >= 0.6 is 24.0 Å². The summed E-state index contributed by atoms with van der Waals surface area (Å²) in [4.78, 5) is 13.8. The number of benzene rings is 2. The molecule has 3 nitrogen and oxygen atoms in total. The van der Waals surface area contributed by atoms with Crippen molar-refractivity contribution < 1.29 is 9.90 Å². The molecule has 0 unspecified atom stereocenters. The second kappa shape index (κ2) is 7.82. The topological polar surface area (TPSA) is 40.5 Å². The van der Waals surface area contributed by atoms with Gasteiger partial charge >= 0.3 is 5.97 Å². The van der Waals surface area contributed by atoms with Crippen molar-refractivity contribution in [2.45, 2.75) is 12.5 Å². The third-order valence-corrected chi connectivity index (χ3v) is 4.51. The fraction of sp³-hybridized carbons (Fsp3) is 0.278. The number of nitrogens with zero attached hydrogens (tertiary/aromatic N) is 1. The first-order valence-corrected chi connectivity index (χ1v) is 7.76. The summed E-state index contributed by atoms with van der Waals surface area (Å²) in [5.74, 6) is -1.08. The third kappa shape index (κ3) is 4.25. The lowest BCUT2D eigenvalue weighted by Gasteiger charge is -2.16. The summed E-state index contributed by atoms with van der Waals surface area (Å²) >= 11 is 5.93. The molecular formula is C18H19Cl2NO2. The van der Waals surface area contributed by atoms with Crippen LogP contribution in [0.3, 0.4) is 0 Å². The Morgan fingerprint density at radius 1 is 1.09 bits per heavy atom. The van der Waals surface area contributed by atoms with Crippen molar-refractivity contribution in [1.82, 2.24) is 4.90 Å². The summed E-state index contributed by atoms with van der Waals surface area (Å²) in [7, 11) is 0. The van der Waals surface area contributed by atoms with E-state index >= 15 is 0 Å². The van der Waals surface area contributed by atoms with Crippen LogP contribution in [0.2, 0.25) is 5.02 Å². The Balaban J connectivity index is 0.00000192. The highest BCUT2D eigenvalue weighted by molar-refractivity contribution is 6.30. The van der Waals surface area contributed by atoms with Gasteiger partial charge in [0, 0.05) is 30.6 Å². The zero-order valence-electron chi connectivity index (χ0n) is 12.6. The number of halogens is 2. The molecule has 0 spiro atoms. The molecule has 2 atom stereocenters. The SMILES string of the molecule is Cl.O=C(O)[C@@H]1CN(Cc2ccccc2)C[C@H]1c1ccc(Cl)cc1. The van der Waals surface area contributed by atoms with E-state index in [1.807, 2.05) is 42.5 Å². The van der Waals surface area contributed by atoms with Crippen molar-refractivity contribution in [3.63, 3.8) is 0 Å². The monoisotopic (exact) mass is 351 g/mol. The fourth-order valence-corrected chi connectivity index (χ4v) is 3.28. The van der Waals surface area contributed by atoms with Crippen molar-refractivity contribution in [2.24, 2.45) is 5.92 Å². The molecule has 122 valence electrons. The van der Waals surface area contributed by atoms with E-state index in [0.717, 1.165) is 18.7 Å². The van der Waals surface area contributed by atoms with Crippen molar-refractivity contribution in [2.75, 3.05) is 13.1 Å².